The average molecular weight is 700 g/mol. The molecule has 262 valence electrons. The minimum absolute atomic E-state index is 0.0901. The smallest absolute Gasteiger partial charge is 0.264 e. The number of rotatable bonds is 2. The predicted molar refractivity (Wildman–Crippen MR) is 187 cm³/mol. The highest BCUT2D eigenvalue weighted by molar-refractivity contribution is 7.90. The van der Waals surface area contributed by atoms with E-state index >= 15 is 0 Å². The molecule has 5 aliphatic rings. The molecular formula is C37H50ClN3O6S. The van der Waals surface area contributed by atoms with Gasteiger partial charge in [0.05, 0.1) is 37.3 Å². The van der Waals surface area contributed by atoms with Crippen LogP contribution in [0.15, 0.2) is 36.4 Å². The van der Waals surface area contributed by atoms with Gasteiger partial charge in [-0.25, -0.2) is 13.1 Å². The molecule has 1 saturated heterocycles. The van der Waals surface area contributed by atoms with E-state index in [1.54, 1.807) is 6.07 Å². The number of hydrogen-bond donors (Lipinski definition) is 1. The number of nitrogens with one attached hydrogen (secondary N) is 1. The summed E-state index contributed by atoms with van der Waals surface area (Å²) in [6.45, 7) is 5.32. The van der Waals surface area contributed by atoms with Gasteiger partial charge < -0.3 is 24.0 Å². The molecule has 2 aromatic rings. The van der Waals surface area contributed by atoms with Crippen molar-refractivity contribution in [3.05, 3.63) is 58.1 Å². The van der Waals surface area contributed by atoms with Gasteiger partial charge in [-0.3, -0.25) is 4.79 Å². The number of carbonyl (C=O) groups excluding carboxylic acids is 1. The zero-order valence-corrected chi connectivity index (χ0v) is 30.0. The maximum Gasteiger partial charge on any atom is 0.264 e. The summed E-state index contributed by atoms with van der Waals surface area (Å²) in [4.78, 5) is 18.0. The Hall–Kier alpha value is -2.37. The maximum atomic E-state index is 13.4. The van der Waals surface area contributed by atoms with E-state index in [9.17, 15) is 13.2 Å². The lowest BCUT2D eigenvalue weighted by Gasteiger charge is -2.49. The van der Waals surface area contributed by atoms with Gasteiger partial charge in [0.15, 0.2) is 6.29 Å². The molecule has 0 radical (unpaired) electrons. The van der Waals surface area contributed by atoms with E-state index < -0.39 is 15.9 Å². The standard InChI is InChI=1S/C37H50ClN3O6S/c1-24-6-4-8-31(36-45-19-29(20-46-36)40(2)3)30-12-9-27(30)18-41-22-37(15-5-7-25-16-28(38)11-13-32(25)37)23-47-34-14-10-26(17-33(34)41)35(42)39-48(43,44)21-24/h10-11,13-14,16-17,24,27,29-31,36H,4-9,12,15,18-23H2,1-3H3,(H,39,42)/t24-,27-,29-,30+,31+,36-,37-/m0/s1. The Bertz CT molecular complexity index is 1610. The average Bonchev–Trinajstić information content (AvgIpc) is 3.18. The molecule has 2 bridgehead atoms. The van der Waals surface area contributed by atoms with E-state index in [0.29, 0.717) is 37.2 Å². The van der Waals surface area contributed by atoms with Crippen LogP contribution in [-0.2, 0) is 31.3 Å². The number of amides is 1. The number of carbonyl (C=O) groups is 1. The van der Waals surface area contributed by atoms with Crippen LogP contribution in [0.1, 0.15) is 73.4 Å². The third-order valence-corrected chi connectivity index (χ3v) is 13.5. The number of fused-ring (bicyclic) bond motifs is 4. The highest BCUT2D eigenvalue weighted by Crippen LogP contribution is 2.49. The van der Waals surface area contributed by atoms with E-state index in [1.807, 2.05) is 25.1 Å². The number of anilines is 1. The maximum absolute atomic E-state index is 13.4. The minimum Gasteiger partial charge on any atom is -0.490 e. The van der Waals surface area contributed by atoms with Crippen molar-refractivity contribution in [2.45, 2.75) is 76.0 Å². The molecule has 9 nitrogen and oxygen atoms in total. The molecule has 0 unspecified atom stereocenters. The second-order valence-corrected chi connectivity index (χ2v) is 17.6. The SMILES string of the molecule is C[C@H]1CCC[C@@H]([C@H]2OC[C@H](N(C)C)CO2)[C@@H]2CC[C@H]2CN2C[C@@]3(CCCc4cc(Cl)ccc43)COc3ccc(cc32)C(=O)NS(=O)(=O)C1. The van der Waals surface area contributed by atoms with Gasteiger partial charge in [-0.2, -0.15) is 0 Å². The van der Waals surface area contributed by atoms with Crippen molar-refractivity contribution < 1.29 is 27.4 Å². The summed E-state index contributed by atoms with van der Waals surface area (Å²) in [5.41, 5.74) is 3.50. The number of hydrogen-bond acceptors (Lipinski definition) is 8. The molecule has 2 fully saturated rings. The first kappa shape index (κ1) is 34.1. The van der Waals surface area contributed by atoms with Gasteiger partial charge in [-0.05, 0) is 118 Å². The Morgan fingerprint density at radius 2 is 1.81 bits per heavy atom. The third kappa shape index (κ3) is 6.97. The zero-order chi connectivity index (χ0) is 33.6. The lowest BCUT2D eigenvalue weighted by Crippen LogP contribution is -2.52. The van der Waals surface area contributed by atoms with Crippen molar-refractivity contribution in [2.24, 2.45) is 23.7 Å². The van der Waals surface area contributed by atoms with E-state index in [2.05, 4.69) is 40.7 Å². The van der Waals surface area contributed by atoms with E-state index in [4.69, 9.17) is 25.8 Å². The summed E-state index contributed by atoms with van der Waals surface area (Å²) in [6.07, 6.45) is 7.54. The van der Waals surface area contributed by atoms with Gasteiger partial charge in [0.1, 0.15) is 5.75 Å². The molecule has 48 heavy (non-hydrogen) atoms. The highest BCUT2D eigenvalue weighted by Gasteiger charge is 2.46. The van der Waals surface area contributed by atoms with Crippen molar-refractivity contribution in [3.63, 3.8) is 0 Å². The number of likely N-dealkylation sites (N-methyl/N-ethyl adjacent to an activating group) is 1. The monoisotopic (exact) mass is 699 g/mol. The number of nitrogens with zero attached hydrogens (tertiary/aromatic N) is 2. The molecule has 7 rings (SSSR count). The molecule has 0 aromatic heterocycles. The predicted octanol–water partition coefficient (Wildman–Crippen LogP) is 5.64. The Balaban J connectivity index is 1.25. The van der Waals surface area contributed by atoms with Gasteiger partial charge in [-0.1, -0.05) is 31.0 Å². The second kappa shape index (κ2) is 13.7. The van der Waals surface area contributed by atoms with Crippen molar-refractivity contribution in [3.8, 4) is 5.75 Å². The van der Waals surface area contributed by atoms with Crippen molar-refractivity contribution >= 4 is 33.2 Å². The van der Waals surface area contributed by atoms with Crippen LogP contribution in [0.3, 0.4) is 0 Å². The van der Waals surface area contributed by atoms with E-state index in [0.717, 1.165) is 80.9 Å². The van der Waals surface area contributed by atoms with Crippen molar-refractivity contribution in [2.75, 3.05) is 57.7 Å². The first-order valence-electron chi connectivity index (χ1n) is 17.8. The van der Waals surface area contributed by atoms with Crippen molar-refractivity contribution in [1.82, 2.24) is 9.62 Å². The lowest BCUT2D eigenvalue weighted by molar-refractivity contribution is -0.240. The van der Waals surface area contributed by atoms with Gasteiger partial charge in [0, 0.05) is 35.0 Å². The molecule has 1 spiro atoms. The molecule has 1 saturated carbocycles. The van der Waals surface area contributed by atoms with Crippen LogP contribution in [0, 0.1) is 23.7 Å². The number of benzene rings is 2. The Labute approximate surface area is 290 Å². The van der Waals surface area contributed by atoms with Crippen LogP contribution in [0.5, 0.6) is 5.75 Å². The molecule has 5 atom stereocenters. The molecule has 11 heteroatoms. The summed E-state index contributed by atoms with van der Waals surface area (Å²) in [6, 6.07) is 11.9. The summed E-state index contributed by atoms with van der Waals surface area (Å²) in [5, 5.41) is 0.751. The zero-order valence-electron chi connectivity index (χ0n) is 28.5. The first-order valence-corrected chi connectivity index (χ1v) is 19.8. The largest absolute Gasteiger partial charge is 0.490 e. The minimum atomic E-state index is -3.82. The van der Waals surface area contributed by atoms with Gasteiger partial charge in [0.25, 0.3) is 5.91 Å². The Kier molecular flexibility index (Phi) is 9.76. The summed E-state index contributed by atoms with van der Waals surface area (Å²) < 4.78 is 48.2. The normalized spacial score (nSPS) is 33.9. The first-order chi connectivity index (χ1) is 23.0. The van der Waals surface area contributed by atoms with Gasteiger partial charge >= 0.3 is 0 Å². The van der Waals surface area contributed by atoms with Crippen LogP contribution in [0.2, 0.25) is 5.02 Å². The Morgan fingerprint density at radius 3 is 2.56 bits per heavy atom. The molecule has 1 amide bonds. The van der Waals surface area contributed by atoms with Crippen LogP contribution >= 0.6 is 11.6 Å². The second-order valence-electron chi connectivity index (χ2n) is 15.4. The Morgan fingerprint density at radius 1 is 1.00 bits per heavy atom. The van der Waals surface area contributed by atoms with Crippen LogP contribution in [0.25, 0.3) is 0 Å². The highest BCUT2D eigenvalue weighted by atomic mass is 35.5. The van der Waals surface area contributed by atoms with Crippen LogP contribution in [0.4, 0.5) is 5.69 Å². The van der Waals surface area contributed by atoms with E-state index in [1.165, 1.54) is 11.1 Å². The molecule has 3 heterocycles. The molecule has 1 N–H and O–H groups in total. The van der Waals surface area contributed by atoms with Crippen molar-refractivity contribution in [1.29, 1.82) is 0 Å². The summed E-state index contributed by atoms with van der Waals surface area (Å²) >= 11 is 6.46. The quantitative estimate of drug-likeness (QED) is 0.431. The number of halogens is 1. The number of sulfonamides is 1. The fourth-order valence-corrected chi connectivity index (χ4v) is 10.5. The lowest BCUT2D eigenvalue weighted by atomic mass is 9.64. The fraction of sp³-hybridized carbons (Fsp3) is 0.649. The third-order valence-electron chi connectivity index (χ3n) is 11.8. The topological polar surface area (TPSA) is 97.4 Å². The molecular weight excluding hydrogens is 650 g/mol. The van der Waals surface area contributed by atoms with Crippen LogP contribution in [-0.4, -0.2) is 84.3 Å². The van der Waals surface area contributed by atoms with Gasteiger partial charge in [0.2, 0.25) is 10.0 Å². The number of aryl methyl sites for hydroxylation is 1. The molecule has 2 aromatic carbocycles. The van der Waals surface area contributed by atoms with E-state index in [-0.39, 0.29) is 35.3 Å². The number of ether oxygens (including phenoxy) is 3. The summed E-state index contributed by atoms with van der Waals surface area (Å²) in [5.74, 6) is 1.01. The molecule has 3 aliphatic heterocycles. The summed E-state index contributed by atoms with van der Waals surface area (Å²) in [7, 11) is 0.295. The fourth-order valence-electron chi connectivity index (χ4n) is 8.93. The molecule has 2 aliphatic carbocycles. The van der Waals surface area contributed by atoms with Crippen LogP contribution < -0.4 is 14.4 Å². The van der Waals surface area contributed by atoms with Gasteiger partial charge in [-0.15, -0.1) is 0 Å².